The Kier molecular flexibility index (Phi) is 7.11. The zero-order chi connectivity index (χ0) is 25.6. The third-order valence-corrected chi connectivity index (χ3v) is 8.06. The van der Waals surface area contributed by atoms with Crippen LogP contribution in [0.3, 0.4) is 0 Å². The molecule has 3 aromatic rings. The first-order chi connectivity index (χ1) is 17.2. The molecule has 36 heavy (non-hydrogen) atoms. The molecule has 0 unspecified atom stereocenters. The number of anilines is 1. The molecule has 1 N–H and O–H groups in total. The summed E-state index contributed by atoms with van der Waals surface area (Å²) in [5, 5.41) is 14.2. The maximum Gasteiger partial charge on any atom is 0.451 e. The smallest absolute Gasteiger partial charge is 0.395 e. The van der Waals surface area contributed by atoms with Crippen LogP contribution in [0.5, 0.6) is 0 Å². The predicted molar refractivity (Wildman–Crippen MR) is 134 cm³/mol. The number of nitrogens with zero attached hydrogens (tertiary/aromatic N) is 5. The molecule has 2 aliphatic rings. The fraction of sp³-hybridized carbons (Fsp3) is 0.520. The second-order valence-corrected chi connectivity index (χ2v) is 10.7. The molecule has 6 nitrogen and oxygen atoms in total. The molecule has 2 atom stereocenters. The lowest BCUT2D eigenvalue weighted by Gasteiger charge is -2.47. The van der Waals surface area contributed by atoms with E-state index in [0.717, 1.165) is 42.8 Å². The number of aromatic nitrogens is 3. The third kappa shape index (κ3) is 4.90. The van der Waals surface area contributed by atoms with Gasteiger partial charge in [0.05, 0.1) is 29.7 Å². The zero-order valence-electron chi connectivity index (χ0n) is 19.8. The van der Waals surface area contributed by atoms with Crippen LogP contribution in [0.2, 0.25) is 10.0 Å². The minimum atomic E-state index is -4.65. The largest absolute Gasteiger partial charge is 0.451 e. The van der Waals surface area contributed by atoms with Crippen molar-refractivity contribution in [3.63, 3.8) is 0 Å². The van der Waals surface area contributed by atoms with Gasteiger partial charge in [-0.15, -0.1) is 0 Å². The number of likely N-dealkylation sites (tertiary alicyclic amines) is 1. The van der Waals surface area contributed by atoms with Gasteiger partial charge in [-0.3, -0.25) is 0 Å². The highest BCUT2D eigenvalue weighted by Gasteiger charge is 2.40. The molecule has 0 saturated carbocycles. The highest BCUT2D eigenvalue weighted by atomic mass is 35.5. The van der Waals surface area contributed by atoms with E-state index in [-0.39, 0.29) is 12.3 Å². The third-order valence-electron chi connectivity index (χ3n) is 7.50. The van der Waals surface area contributed by atoms with Crippen molar-refractivity contribution in [3.8, 4) is 0 Å². The van der Waals surface area contributed by atoms with Crippen LogP contribution in [0.15, 0.2) is 30.5 Å². The minimum Gasteiger partial charge on any atom is -0.395 e. The Bertz CT molecular complexity index is 1240. The first-order valence-electron chi connectivity index (χ1n) is 12.1. The highest BCUT2D eigenvalue weighted by molar-refractivity contribution is 6.35. The predicted octanol–water partition coefficient (Wildman–Crippen LogP) is 5.35. The second-order valence-electron chi connectivity index (χ2n) is 9.81. The molecule has 0 bridgehead atoms. The summed E-state index contributed by atoms with van der Waals surface area (Å²) in [4.78, 5) is 8.47. The number of benzene rings is 1. The molecular formula is C25H28Cl2F3N5O. The summed E-state index contributed by atoms with van der Waals surface area (Å²) in [5.41, 5.74) is 2.01. The van der Waals surface area contributed by atoms with Gasteiger partial charge in [0, 0.05) is 42.1 Å². The quantitative estimate of drug-likeness (QED) is 0.456. The lowest BCUT2D eigenvalue weighted by Crippen LogP contribution is -2.53. The van der Waals surface area contributed by atoms with Crippen LogP contribution >= 0.6 is 23.2 Å². The number of β-amino-alcohol motifs (C(OH)–C–C–N with tert-alkyl or cyclic N) is 1. The fourth-order valence-corrected chi connectivity index (χ4v) is 6.08. The molecule has 0 radical (unpaired) electrons. The molecule has 0 spiro atoms. The summed E-state index contributed by atoms with van der Waals surface area (Å²) in [6, 6.07) is 6.71. The lowest BCUT2D eigenvalue weighted by atomic mass is 9.80. The van der Waals surface area contributed by atoms with E-state index in [4.69, 9.17) is 23.2 Å². The van der Waals surface area contributed by atoms with Gasteiger partial charge in [-0.1, -0.05) is 36.2 Å². The van der Waals surface area contributed by atoms with Crippen molar-refractivity contribution in [2.45, 2.75) is 31.9 Å². The average molecular weight is 542 g/mol. The van der Waals surface area contributed by atoms with Gasteiger partial charge in [0.25, 0.3) is 0 Å². The number of rotatable bonds is 6. The number of imidazole rings is 1. The normalized spacial score (nSPS) is 20.6. The Morgan fingerprint density at radius 3 is 2.61 bits per heavy atom. The topological polar surface area (TPSA) is 56.9 Å². The van der Waals surface area contributed by atoms with E-state index in [0.29, 0.717) is 39.5 Å². The van der Waals surface area contributed by atoms with Crippen molar-refractivity contribution >= 4 is 34.4 Å². The summed E-state index contributed by atoms with van der Waals surface area (Å²) >= 11 is 12.4. The second kappa shape index (κ2) is 10.0. The van der Waals surface area contributed by atoms with E-state index in [1.807, 2.05) is 0 Å². The molecular weight excluding hydrogens is 514 g/mol. The summed E-state index contributed by atoms with van der Waals surface area (Å²) in [6.07, 6.45) is -0.872. The highest BCUT2D eigenvalue weighted by Crippen LogP contribution is 2.39. The van der Waals surface area contributed by atoms with Gasteiger partial charge < -0.3 is 14.9 Å². The first kappa shape index (κ1) is 25.6. The van der Waals surface area contributed by atoms with Crippen LogP contribution in [0.25, 0.3) is 5.52 Å². The molecule has 2 aliphatic heterocycles. The van der Waals surface area contributed by atoms with Crippen LogP contribution in [-0.4, -0.2) is 63.9 Å². The van der Waals surface area contributed by atoms with Gasteiger partial charge in [0.1, 0.15) is 0 Å². The standard InChI is InChI=1S/C25H28Cl2F3N5O/c1-15(20-5-4-18(26)9-21(20)27)23-22-10-19(11-31-35(22)24(32-23)25(28,29)30)34-13-17(14-34)16-3-2-6-33(12-16)7-8-36/h4-5,9-11,15-17,36H,2-3,6-8,12-14H2,1H3/t15-,16+/m1/s1. The Morgan fingerprint density at radius 2 is 1.92 bits per heavy atom. The fourth-order valence-electron chi connectivity index (χ4n) is 5.50. The molecule has 2 fully saturated rings. The monoisotopic (exact) mass is 541 g/mol. The SMILES string of the molecule is C[C@H](c1ccc(Cl)cc1Cl)c1nc(C(F)(F)F)n2ncc(N3CC([C@H]4CCCN(CCO)C4)C3)cc12. The van der Waals surface area contributed by atoms with Gasteiger partial charge in [-0.25, -0.2) is 9.50 Å². The molecule has 194 valence electrons. The summed E-state index contributed by atoms with van der Waals surface area (Å²) < 4.78 is 42.3. The number of hydrogen-bond donors (Lipinski definition) is 1. The Labute approximate surface area is 217 Å². The number of piperidine rings is 1. The molecule has 4 heterocycles. The van der Waals surface area contributed by atoms with E-state index in [1.165, 1.54) is 12.6 Å². The van der Waals surface area contributed by atoms with E-state index < -0.39 is 17.9 Å². The van der Waals surface area contributed by atoms with Gasteiger partial charge >= 0.3 is 6.18 Å². The van der Waals surface area contributed by atoms with E-state index >= 15 is 0 Å². The van der Waals surface area contributed by atoms with Gasteiger partial charge in [0.15, 0.2) is 0 Å². The molecule has 0 aliphatic carbocycles. The van der Waals surface area contributed by atoms with Crippen molar-refractivity contribution in [1.29, 1.82) is 0 Å². The number of fused-ring (bicyclic) bond motifs is 1. The molecule has 2 aromatic heterocycles. The molecule has 2 saturated heterocycles. The molecule has 5 rings (SSSR count). The first-order valence-corrected chi connectivity index (χ1v) is 12.9. The van der Waals surface area contributed by atoms with Crippen molar-refractivity contribution in [1.82, 2.24) is 19.5 Å². The van der Waals surface area contributed by atoms with Crippen LogP contribution in [0, 0.1) is 11.8 Å². The number of alkyl halides is 3. The number of aliphatic hydroxyl groups excluding tert-OH is 1. The minimum absolute atomic E-state index is 0.169. The van der Waals surface area contributed by atoms with E-state index in [1.54, 1.807) is 31.2 Å². The Balaban J connectivity index is 1.42. The van der Waals surface area contributed by atoms with Crippen molar-refractivity contribution in [2.24, 2.45) is 11.8 Å². The van der Waals surface area contributed by atoms with Crippen molar-refractivity contribution in [2.75, 3.05) is 44.2 Å². The Hall–Kier alpha value is -2.07. The maximum atomic E-state index is 13.8. The summed E-state index contributed by atoms with van der Waals surface area (Å²) in [5.74, 6) is -0.470. The van der Waals surface area contributed by atoms with Crippen LogP contribution in [0.4, 0.5) is 18.9 Å². The molecule has 11 heteroatoms. The molecule has 1 aromatic carbocycles. The Morgan fingerprint density at radius 1 is 1.14 bits per heavy atom. The van der Waals surface area contributed by atoms with E-state index in [9.17, 15) is 18.3 Å². The summed E-state index contributed by atoms with van der Waals surface area (Å²) in [6.45, 7) is 6.34. The number of halogens is 5. The van der Waals surface area contributed by atoms with Crippen LogP contribution in [-0.2, 0) is 6.18 Å². The van der Waals surface area contributed by atoms with Crippen LogP contribution < -0.4 is 4.90 Å². The van der Waals surface area contributed by atoms with E-state index in [2.05, 4.69) is 19.9 Å². The van der Waals surface area contributed by atoms with Gasteiger partial charge in [-0.2, -0.15) is 18.3 Å². The molecule has 0 amide bonds. The van der Waals surface area contributed by atoms with Crippen molar-refractivity contribution in [3.05, 3.63) is 57.6 Å². The van der Waals surface area contributed by atoms with Crippen LogP contribution in [0.1, 0.15) is 42.8 Å². The maximum absolute atomic E-state index is 13.8. The average Bonchev–Trinajstić information content (AvgIpc) is 3.18. The van der Waals surface area contributed by atoms with Gasteiger partial charge in [0.2, 0.25) is 5.82 Å². The lowest BCUT2D eigenvalue weighted by molar-refractivity contribution is -0.146. The summed E-state index contributed by atoms with van der Waals surface area (Å²) in [7, 11) is 0. The zero-order valence-corrected chi connectivity index (χ0v) is 21.4. The number of hydrogen-bond acceptors (Lipinski definition) is 5. The van der Waals surface area contributed by atoms with Gasteiger partial charge in [-0.05, 0) is 55.0 Å². The number of aliphatic hydroxyl groups is 1. The van der Waals surface area contributed by atoms with Crippen molar-refractivity contribution < 1.29 is 18.3 Å².